The van der Waals surface area contributed by atoms with Crippen LogP contribution >= 0.6 is 0 Å². The first-order valence-electron chi connectivity index (χ1n) is 7.97. The van der Waals surface area contributed by atoms with Crippen molar-refractivity contribution in [1.82, 2.24) is 15.1 Å². The molecule has 3 nitrogen and oxygen atoms in total. The number of aromatic nitrogens is 2. The molecule has 3 heteroatoms. The van der Waals surface area contributed by atoms with Crippen LogP contribution in [0.1, 0.15) is 57.9 Å². The number of nitrogens with zero attached hydrogens (tertiary/aromatic N) is 2. The lowest BCUT2D eigenvalue weighted by molar-refractivity contribution is 0.242. The third kappa shape index (κ3) is 3.82. The molecule has 0 aromatic carbocycles. The predicted molar refractivity (Wildman–Crippen MR) is 80.3 cm³/mol. The van der Waals surface area contributed by atoms with E-state index in [0.717, 1.165) is 24.9 Å². The van der Waals surface area contributed by atoms with Crippen molar-refractivity contribution >= 4 is 0 Å². The van der Waals surface area contributed by atoms with Gasteiger partial charge < -0.3 is 5.32 Å². The number of rotatable bonds is 6. The molecule has 1 aromatic heterocycles. The first-order valence-corrected chi connectivity index (χ1v) is 7.97. The summed E-state index contributed by atoms with van der Waals surface area (Å²) in [6.07, 6.45) is 9.65. The molecule has 0 spiro atoms. The molecule has 0 saturated heterocycles. The van der Waals surface area contributed by atoms with Crippen LogP contribution in [0, 0.1) is 11.8 Å². The van der Waals surface area contributed by atoms with Crippen LogP contribution < -0.4 is 5.32 Å². The highest BCUT2D eigenvalue weighted by atomic mass is 15.3. The van der Waals surface area contributed by atoms with Gasteiger partial charge in [0.15, 0.2) is 0 Å². The van der Waals surface area contributed by atoms with E-state index in [0.29, 0.717) is 5.92 Å². The van der Waals surface area contributed by atoms with Crippen molar-refractivity contribution in [3.05, 3.63) is 18.0 Å². The highest BCUT2D eigenvalue weighted by Gasteiger charge is 2.30. The van der Waals surface area contributed by atoms with Gasteiger partial charge in [-0.25, -0.2) is 0 Å². The molecule has 19 heavy (non-hydrogen) atoms. The van der Waals surface area contributed by atoms with Gasteiger partial charge in [0.05, 0.1) is 6.20 Å². The summed E-state index contributed by atoms with van der Waals surface area (Å²) in [5.74, 6) is 2.35. The first-order chi connectivity index (χ1) is 9.24. The Kier molecular flexibility index (Phi) is 5.44. The van der Waals surface area contributed by atoms with E-state index in [1.807, 2.05) is 0 Å². The van der Waals surface area contributed by atoms with Gasteiger partial charge in [0.1, 0.15) is 0 Å². The van der Waals surface area contributed by atoms with Gasteiger partial charge in [0, 0.05) is 12.7 Å². The maximum absolute atomic E-state index is 4.46. The van der Waals surface area contributed by atoms with Gasteiger partial charge in [0.25, 0.3) is 0 Å². The molecule has 1 aromatic rings. The lowest BCUT2D eigenvalue weighted by Crippen LogP contribution is -2.31. The summed E-state index contributed by atoms with van der Waals surface area (Å²) in [5.41, 5.74) is 1.46. The molecule has 0 amide bonds. The second-order valence-electron chi connectivity index (χ2n) is 6.12. The van der Waals surface area contributed by atoms with Gasteiger partial charge in [-0.1, -0.05) is 20.3 Å². The van der Waals surface area contributed by atoms with Crippen LogP contribution in [-0.2, 0) is 6.54 Å². The van der Waals surface area contributed by atoms with Crippen LogP contribution in [0.3, 0.4) is 0 Å². The Hall–Kier alpha value is -0.830. The third-order valence-corrected chi connectivity index (χ3v) is 4.49. The molecule has 1 aliphatic rings. The second-order valence-corrected chi connectivity index (χ2v) is 6.12. The SMILES string of the molecule is CCCNCC1CCC(C)CC1c1cnn(CC)c1. The third-order valence-electron chi connectivity index (χ3n) is 4.49. The molecule has 3 unspecified atom stereocenters. The van der Waals surface area contributed by atoms with Gasteiger partial charge in [-0.15, -0.1) is 0 Å². The fraction of sp³-hybridized carbons (Fsp3) is 0.812. The van der Waals surface area contributed by atoms with E-state index in [4.69, 9.17) is 0 Å². The molecule has 1 fully saturated rings. The maximum Gasteiger partial charge on any atom is 0.0524 e. The largest absolute Gasteiger partial charge is 0.316 e. The van der Waals surface area contributed by atoms with Crippen molar-refractivity contribution in [2.24, 2.45) is 11.8 Å². The number of hydrogen-bond acceptors (Lipinski definition) is 2. The zero-order valence-electron chi connectivity index (χ0n) is 12.7. The van der Waals surface area contributed by atoms with Gasteiger partial charge in [0.2, 0.25) is 0 Å². The molecular weight excluding hydrogens is 234 g/mol. The van der Waals surface area contributed by atoms with Crippen molar-refractivity contribution in [3.63, 3.8) is 0 Å². The van der Waals surface area contributed by atoms with E-state index in [-0.39, 0.29) is 0 Å². The average Bonchev–Trinajstić information content (AvgIpc) is 2.89. The van der Waals surface area contributed by atoms with Crippen molar-refractivity contribution in [1.29, 1.82) is 0 Å². The standard InChI is InChI=1S/C16H29N3/c1-4-8-17-10-14-7-6-13(3)9-16(14)15-11-18-19(5-2)12-15/h11-14,16-17H,4-10H2,1-3H3. The van der Waals surface area contributed by atoms with E-state index in [1.165, 1.54) is 37.8 Å². The van der Waals surface area contributed by atoms with E-state index in [2.05, 4.69) is 48.3 Å². The van der Waals surface area contributed by atoms with Gasteiger partial charge in [-0.3, -0.25) is 4.68 Å². The molecule has 0 bridgehead atoms. The number of hydrogen-bond donors (Lipinski definition) is 1. The minimum atomic E-state index is 0.702. The van der Waals surface area contributed by atoms with Crippen LogP contribution in [0.4, 0.5) is 0 Å². The highest BCUT2D eigenvalue weighted by molar-refractivity contribution is 5.14. The molecule has 108 valence electrons. The summed E-state index contributed by atoms with van der Waals surface area (Å²) >= 11 is 0. The van der Waals surface area contributed by atoms with E-state index >= 15 is 0 Å². The van der Waals surface area contributed by atoms with Gasteiger partial charge in [-0.05, 0) is 62.6 Å². The van der Waals surface area contributed by atoms with E-state index in [9.17, 15) is 0 Å². The monoisotopic (exact) mass is 263 g/mol. The maximum atomic E-state index is 4.46. The summed E-state index contributed by atoms with van der Waals surface area (Å²) in [6, 6.07) is 0. The van der Waals surface area contributed by atoms with Crippen molar-refractivity contribution in [2.45, 2.75) is 58.9 Å². The Balaban J connectivity index is 2.03. The Labute approximate surface area is 117 Å². The molecule has 1 aliphatic carbocycles. The lowest BCUT2D eigenvalue weighted by atomic mass is 9.72. The zero-order chi connectivity index (χ0) is 13.7. The van der Waals surface area contributed by atoms with Crippen LogP contribution in [0.15, 0.2) is 12.4 Å². The molecule has 0 aliphatic heterocycles. The van der Waals surface area contributed by atoms with Crippen LogP contribution in [-0.4, -0.2) is 22.9 Å². The Morgan fingerprint density at radius 2 is 2.21 bits per heavy atom. The molecule has 2 rings (SSSR count). The zero-order valence-corrected chi connectivity index (χ0v) is 12.7. The summed E-state index contributed by atoms with van der Waals surface area (Å²) < 4.78 is 2.06. The number of nitrogens with one attached hydrogen (secondary N) is 1. The van der Waals surface area contributed by atoms with E-state index in [1.54, 1.807) is 0 Å². The number of aryl methyl sites for hydroxylation is 1. The van der Waals surface area contributed by atoms with Crippen LogP contribution in [0.2, 0.25) is 0 Å². The first kappa shape index (κ1) is 14.6. The minimum Gasteiger partial charge on any atom is -0.316 e. The topological polar surface area (TPSA) is 29.9 Å². The Bertz CT molecular complexity index is 372. The smallest absolute Gasteiger partial charge is 0.0524 e. The summed E-state index contributed by atoms with van der Waals surface area (Å²) in [4.78, 5) is 0. The Morgan fingerprint density at radius 1 is 1.37 bits per heavy atom. The summed E-state index contributed by atoms with van der Waals surface area (Å²) in [7, 11) is 0. The van der Waals surface area contributed by atoms with Gasteiger partial charge >= 0.3 is 0 Å². The minimum absolute atomic E-state index is 0.702. The lowest BCUT2D eigenvalue weighted by Gasteiger charge is -2.34. The predicted octanol–water partition coefficient (Wildman–Crippen LogP) is 3.42. The van der Waals surface area contributed by atoms with E-state index < -0.39 is 0 Å². The normalized spacial score (nSPS) is 27.6. The second kappa shape index (κ2) is 7.09. The van der Waals surface area contributed by atoms with Crippen LogP contribution in [0.25, 0.3) is 0 Å². The fourth-order valence-corrected chi connectivity index (χ4v) is 3.30. The molecule has 3 atom stereocenters. The molecule has 1 heterocycles. The molecular formula is C16H29N3. The fourth-order valence-electron chi connectivity index (χ4n) is 3.30. The molecule has 1 saturated carbocycles. The van der Waals surface area contributed by atoms with Gasteiger partial charge in [-0.2, -0.15) is 5.10 Å². The quantitative estimate of drug-likeness (QED) is 0.797. The molecule has 0 radical (unpaired) electrons. The van der Waals surface area contributed by atoms with Crippen LogP contribution in [0.5, 0.6) is 0 Å². The van der Waals surface area contributed by atoms with Crippen molar-refractivity contribution in [3.8, 4) is 0 Å². The average molecular weight is 263 g/mol. The highest BCUT2D eigenvalue weighted by Crippen LogP contribution is 2.40. The Morgan fingerprint density at radius 3 is 2.89 bits per heavy atom. The van der Waals surface area contributed by atoms with Crippen molar-refractivity contribution < 1.29 is 0 Å². The van der Waals surface area contributed by atoms with Crippen molar-refractivity contribution in [2.75, 3.05) is 13.1 Å². The summed E-state index contributed by atoms with van der Waals surface area (Å²) in [6.45, 7) is 10.1. The molecule has 1 N–H and O–H groups in total. The summed E-state index contributed by atoms with van der Waals surface area (Å²) in [5, 5.41) is 8.07.